The Morgan fingerprint density at radius 3 is 1.17 bits per heavy atom. The highest BCUT2D eigenvalue weighted by Gasteiger charge is 2.50. The zero-order valence-electron chi connectivity index (χ0n) is 37.3. The van der Waals surface area contributed by atoms with Crippen molar-refractivity contribution in [2.45, 2.75) is 156 Å². The van der Waals surface area contributed by atoms with E-state index < -0.39 is 34.1 Å². The summed E-state index contributed by atoms with van der Waals surface area (Å²) in [6, 6.07) is 18.8. The van der Waals surface area contributed by atoms with Gasteiger partial charge >= 0.3 is 11.9 Å². The average Bonchev–Trinajstić information content (AvgIpc) is 3.49. The first-order chi connectivity index (χ1) is 28.3. The van der Waals surface area contributed by atoms with Crippen molar-refractivity contribution in [2.75, 3.05) is 0 Å². The third-order valence-corrected chi connectivity index (χ3v) is 11.6. The third-order valence-electron chi connectivity index (χ3n) is 11.6. The van der Waals surface area contributed by atoms with E-state index >= 15 is 0 Å². The van der Waals surface area contributed by atoms with E-state index in [4.69, 9.17) is 9.47 Å². The molecule has 0 N–H and O–H groups in total. The molecule has 0 fully saturated rings. The molecule has 2 aliphatic heterocycles. The summed E-state index contributed by atoms with van der Waals surface area (Å²) in [5, 5.41) is 27.4. The molecule has 0 bridgehead atoms. The zero-order chi connectivity index (χ0) is 43.9. The fourth-order valence-electron chi connectivity index (χ4n) is 8.09. The number of hydroxylamine groups is 4. The summed E-state index contributed by atoms with van der Waals surface area (Å²) in [6.45, 7) is 18.5. The van der Waals surface area contributed by atoms with Crippen molar-refractivity contribution in [3.05, 3.63) is 117 Å². The van der Waals surface area contributed by atoms with Gasteiger partial charge in [0.25, 0.3) is 0 Å². The minimum Gasteiger partial charge on any atom is -0.423 e. The summed E-state index contributed by atoms with van der Waals surface area (Å²) >= 11 is 0. The van der Waals surface area contributed by atoms with E-state index in [9.17, 15) is 20.0 Å². The van der Waals surface area contributed by atoms with E-state index in [-0.39, 0.29) is 0 Å². The van der Waals surface area contributed by atoms with Crippen LogP contribution >= 0.6 is 0 Å². The van der Waals surface area contributed by atoms with Crippen molar-refractivity contribution >= 4 is 11.9 Å². The number of carbonyl (C=O) groups is 2. The molecule has 60 heavy (non-hydrogen) atoms. The largest absolute Gasteiger partial charge is 0.423 e. The van der Waals surface area contributed by atoms with Crippen molar-refractivity contribution in [3.63, 3.8) is 0 Å². The van der Waals surface area contributed by atoms with Crippen LogP contribution in [0.15, 0.2) is 84.0 Å². The number of benzene rings is 3. The summed E-state index contributed by atoms with van der Waals surface area (Å²) in [4.78, 5) is 26.3. The van der Waals surface area contributed by atoms with Crippen molar-refractivity contribution in [2.24, 2.45) is 0 Å². The minimum atomic E-state index is -0.993. The molecule has 0 spiro atoms. The van der Waals surface area contributed by atoms with Gasteiger partial charge in [-0.25, -0.2) is 9.59 Å². The Bertz CT molecular complexity index is 2060. The smallest absolute Gasteiger partial charge is 0.341 e. The lowest BCUT2D eigenvalue weighted by atomic mass is 9.92. The van der Waals surface area contributed by atoms with Gasteiger partial charge < -0.3 is 9.47 Å². The van der Waals surface area contributed by atoms with Crippen LogP contribution in [-0.4, -0.2) is 44.2 Å². The monoisotopic (exact) mass is 810 g/mol. The van der Waals surface area contributed by atoms with Crippen molar-refractivity contribution in [1.29, 1.82) is 0 Å². The van der Waals surface area contributed by atoms with E-state index in [1.807, 2.05) is 24.3 Å². The number of nitrogens with zero attached hydrogens (tertiary/aromatic N) is 2. The van der Waals surface area contributed by atoms with E-state index in [0.29, 0.717) is 22.6 Å². The predicted molar refractivity (Wildman–Crippen MR) is 236 cm³/mol. The highest BCUT2D eigenvalue weighted by atomic mass is 16.5. The Morgan fingerprint density at radius 2 is 0.867 bits per heavy atom. The second-order valence-electron chi connectivity index (χ2n) is 18.2. The number of ether oxygens (including phenoxy) is 2. The van der Waals surface area contributed by atoms with Gasteiger partial charge in [-0.3, -0.25) is 0 Å². The highest BCUT2D eigenvalue weighted by Crippen LogP contribution is 2.40. The Balaban J connectivity index is 1.38. The van der Waals surface area contributed by atoms with Gasteiger partial charge in [0.1, 0.15) is 11.5 Å². The van der Waals surface area contributed by atoms with Gasteiger partial charge in [0.15, 0.2) is 0 Å². The molecule has 2 heterocycles. The molecule has 3 aromatic carbocycles. The van der Waals surface area contributed by atoms with Crippen LogP contribution < -0.4 is 9.47 Å². The lowest BCUT2D eigenvalue weighted by molar-refractivity contribution is -0.238. The molecule has 5 rings (SSSR count). The number of hydrogen-bond donors (Lipinski definition) is 0. The maximum absolute atomic E-state index is 13.1. The van der Waals surface area contributed by atoms with E-state index in [1.165, 1.54) is 24.0 Å². The summed E-state index contributed by atoms with van der Waals surface area (Å²) < 4.78 is 11.4. The number of rotatable bonds is 14. The number of unbranched alkanes of at least 4 members (excludes halogenated alkanes) is 6. The Labute approximate surface area is 358 Å². The van der Waals surface area contributed by atoms with Crippen LogP contribution in [0.2, 0.25) is 0 Å². The molecule has 3 aromatic rings. The number of aryl methyl sites for hydroxylation is 2. The van der Waals surface area contributed by atoms with Crippen LogP contribution in [0.4, 0.5) is 0 Å². The van der Waals surface area contributed by atoms with Gasteiger partial charge in [-0.1, -0.05) is 76.1 Å². The molecule has 0 saturated carbocycles. The molecule has 8 heteroatoms. The predicted octanol–water partition coefficient (Wildman–Crippen LogP) is 10.8. The first kappa shape index (κ1) is 46.1. The third kappa shape index (κ3) is 10.9. The Hall–Kier alpha value is -4.96. The lowest BCUT2D eigenvalue weighted by Crippen LogP contribution is -2.47. The zero-order valence-corrected chi connectivity index (χ0v) is 37.3. The highest BCUT2D eigenvalue weighted by molar-refractivity contribution is 5.94. The summed E-state index contributed by atoms with van der Waals surface area (Å²) in [7, 11) is 0. The van der Waals surface area contributed by atoms with Gasteiger partial charge in [0.2, 0.25) is 0 Å². The molecule has 8 nitrogen and oxygen atoms in total. The second-order valence-corrected chi connectivity index (χ2v) is 18.2. The first-order valence-corrected chi connectivity index (χ1v) is 21.6. The quantitative estimate of drug-likeness (QED) is 0.0696. The van der Waals surface area contributed by atoms with Gasteiger partial charge in [0, 0.05) is 22.3 Å². The van der Waals surface area contributed by atoms with Crippen LogP contribution in [0.25, 0.3) is 0 Å². The molecule has 316 valence electrons. The molecule has 0 atom stereocenters. The SMILES string of the molecule is CCCCCCc1cc(C#Cc2ccc(OC(=O)C3=CC(C)(C)N([O])C3(C)C)cc2)c(CCCCCC)cc1C#Cc1ccc(OC(=O)C2=CC(C)(C)N([O])C2(C)C)cc1. The maximum Gasteiger partial charge on any atom is 0.341 e. The fraction of sp³-hybridized carbons (Fsp3) is 0.462. The van der Waals surface area contributed by atoms with Gasteiger partial charge in [-0.05, 0) is 165 Å². The van der Waals surface area contributed by atoms with Crippen LogP contribution in [0, 0.1) is 23.7 Å². The summed E-state index contributed by atoms with van der Waals surface area (Å²) in [6.07, 6.45) is 14.2. The summed E-state index contributed by atoms with van der Waals surface area (Å²) in [5.41, 5.74) is 3.01. The van der Waals surface area contributed by atoms with E-state index in [0.717, 1.165) is 83.7 Å². The topological polar surface area (TPSA) is 98.9 Å². The second kappa shape index (κ2) is 19.2. The van der Waals surface area contributed by atoms with Gasteiger partial charge in [0.05, 0.1) is 33.3 Å². The number of hydrogen-bond acceptors (Lipinski definition) is 6. The summed E-state index contributed by atoms with van der Waals surface area (Å²) in [5.74, 6) is 13.4. The van der Waals surface area contributed by atoms with Gasteiger partial charge in [-0.15, -0.1) is 20.5 Å². The molecular weight excluding hydrogens is 749 g/mol. The van der Waals surface area contributed by atoms with Crippen molar-refractivity contribution in [3.8, 4) is 35.2 Å². The Kier molecular flexibility index (Phi) is 14.7. The Morgan fingerprint density at radius 1 is 0.517 bits per heavy atom. The minimum absolute atomic E-state index is 0.345. The van der Waals surface area contributed by atoms with Crippen molar-refractivity contribution in [1.82, 2.24) is 10.1 Å². The van der Waals surface area contributed by atoms with Crippen LogP contribution in [-0.2, 0) is 32.8 Å². The van der Waals surface area contributed by atoms with Gasteiger partial charge in [-0.2, -0.15) is 0 Å². The standard InChI is InChI=1S/C52H62N2O6/c1-11-13-15-17-19-39-33-42(28-22-38-25-31-44(32-26-38)60-48(56)46-36-50(5,6)54(58)52(46,9)10)40(20-18-16-14-12-2)34-41(39)27-21-37-23-29-43(30-24-37)59-47(55)45-35-49(3,4)53(57)51(45,7)8/h23-26,29-36H,11-20H2,1-10H3. The normalized spacial score (nSPS) is 17.5. The first-order valence-electron chi connectivity index (χ1n) is 21.6. The molecular formula is C52H62N2O6. The number of carbonyl (C=O) groups excluding carboxylic acids is 2. The average molecular weight is 811 g/mol. The molecule has 2 radical (unpaired) electrons. The molecule has 0 aromatic heterocycles. The molecule has 0 saturated heterocycles. The molecule has 0 unspecified atom stereocenters. The van der Waals surface area contributed by atoms with Crippen LogP contribution in [0.5, 0.6) is 11.5 Å². The molecule has 0 aliphatic carbocycles. The molecule has 2 aliphatic rings. The maximum atomic E-state index is 13.1. The fourth-order valence-corrected chi connectivity index (χ4v) is 8.09. The lowest BCUT2D eigenvalue weighted by Gasteiger charge is -2.33. The number of esters is 2. The molecule has 0 amide bonds. The van der Waals surface area contributed by atoms with E-state index in [2.05, 4.69) is 49.7 Å². The van der Waals surface area contributed by atoms with Crippen LogP contribution in [0.1, 0.15) is 154 Å². The van der Waals surface area contributed by atoms with E-state index in [1.54, 1.807) is 91.8 Å². The van der Waals surface area contributed by atoms with Crippen molar-refractivity contribution < 1.29 is 29.5 Å². The van der Waals surface area contributed by atoms with Crippen LogP contribution in [0.3, 0.4) is 0 Å².